The van der Waals surface area contributed by atoms with Crippen LogP contribution in [0.2, 0.25) is 0 Å². The quantitative estimate of drug-likeness (QED) is 0.0222. The minimum Gasteiger partial charge on any atom is -0.462 e. The molecular formula is C85H166O17P2. The van der Waals surface area contributed by atoms with Crippen LogP contribution in [-0.4, -0.2) is 96.7 Å². The van der Waals surface area contributed by atoms with Gasteiger partial charge in [-0.25, -0.2) is 9.13 Å². The first kappa shape index (κ1) is 102. The molecule has 3 unspecified atom stereocenters. The van der Waals surface area contributed by atoms with Crippen molar-refractivity contribution in [1.29, 1.82) is 0 Å². The number of phosphoric ester groups is 2. The normalized spacial score (nSPS) is 14.2. The molecule has 104 heavy (non-hydrogen) atoms. The first-order valence-electron chi connectivity index (χ1n) is 43.9. The molecule has 0 aliphatic heterocycles. The number of hydrogen-bond donors (Lipinski definition) is 3. The number of aliphatic hydroxyl groups is 1. The monoisotopic (exact) mass is 1520 g/mol. The molecule has 0 bridgehead atoms. The van der Waals surface area contributed by atoms with Crippen molar-refractivity contribution in [1.82, 2.24) is 0 Å². The van der Waals surface area contributed by atoms with E-state index in [4.69, 9.17) is 37.0 Å². The van der Waals surface area contributed by atoms with Crippen molar-refractivity contribution in [2.75, 3.05) is 39.6 Å². The lowest BCUT2D eigenvalue weighted by Crippen LogP contribution is -2.30. The van der Waals surface area contributed by atoms with Gasteiger partial charge in [-0.1, -0.05) is 395 Å². The van der Waals surface area contributed by atoms with Gasteiger partial charge in [-0.2, -0.15) is 0 Å². The van der Waals surface area contributed by atoms with Crippen LogP contribution in [0.25, 0.3) is 0 Å². The molecule has 0 spiro atoms. The van der Waals surface area contributed by atoms with Gasteiger partial charge in [-0.05, 0) is 43.4 Å². The molecule has 6 atom stereocenters. The summed E-state index contributed by atoms with van der Waals surface area (Å²) in [6.45, 7) is 12.0. The number of hydrogen-bond acceptors (Lipinski definition) is 15. The van der Waals surface area contributed by atoms with Crippen LogP contribution in [0.1, 0.15) is 447 Å². The molecule has 0 aliphatic carbocycles. The lowest BCUT2D eigenvalue weighted by Gasteiger charge is -2.21. The fourth-order valence-electron chi connectivity index (χ4n) is 13.2. The average Bonchev–Trinajstić information content (AvgIpc) is 0.909. The predicted molar refractivity (Wildman–Crippen MR) is 428 cm³/mol. The summed E-state index contributed by atoms with van der Waals surface area (Å²) in [5.41, 5.74) is 0. The molecule has 0 aromatic rings. The zero-order valence-corrected chi connectivity index (χ0v) is 70.3. The van der Waals surface area contributed by atoms with Crippen molar-refractivity contribution < 1.29 is 80.2 Å². The maximum atomic E-state index is 13.1. The maximum Gasteiger partial charge on any atom is 0.472 e. The second kappa shape index (κ2) is 75.1. The fraction of sp³-hybridized carbons (Fsp3) is 0.953. The highest BCUT2D eigenvalue weighted by atomic mass is 31.2. The van der Waals surface area contributed by atoms with Crippen molar-refractivity contribution in [2.24, 2.45) is 17.8 Å². The molecule has 0 amide bonds. The Bertz CT molecular complexity index is 2010. The summed E-state index contributed by atoms with van der Waals surface area (Å²) in [5.74, 6) is 0.269. The van der Waals surface area contributed by atoms with Crippen molar-refractivity contribution in [3.63, 3.8) is 0 Å². The molecular weight excluding hydrogens is 1350 g/mol. The molecule has 0 saturated carbocycles. The molecule has 0 saturated heterocycles. The Morgan fingerprint density at radius 3 is 0.731 bits per heavy atom. The third-order valence-corrected chi connectivity index (χ3v) is 22.1. The SMILES string of the molecule is CCCCCCCCCCCCCCCCCC(=O)O[C@H](COC(=O)CCCCCCCCCC(C)C)COP(=O)(O)OC[C@H](O)COP(=O)(O)OC[C@@H](COC(=O)CCCCCCCCCCCCCCCCC(C)C)OC(=O)CCCCCCCCCCCCCCCCCCCCC(C)CC. The van der Waals surface area contributed by atoms with E-state index in [0.717, 1.165) is 108 Å². The van der Waals surface area contributed by atoms with E-state index in [1.54, 1.807) is 0 Å². The van der Waals surface area contributed by atoms with Gasteiger partial charge in [0.25, 0.3) is 0 Å². The summed E-state index contributed by atoms with van der Waals surface area (Å²) >= 11 is 0. The summed E-state index contributed by atoms with van der Waals surface area (Å²) in [5, 5.41) is 10.7. The van der Waals surface area contributed by atoms with Crippen LogP contribution in [0.15, 0.2) is 0 Å². The number of esters is 4. The number of carbonyl (C=O) groups is 4. The Hall–Kier alpha value is -1.94. The number of aliphatic hydroxyl groups excluding tert-OH is 1. The van der Waals surface area contributed by atoms with E-state index in [1.165, 1.54) is 250 Å². The fourth-order valence-corrected chi connectivity index (χ4v) is 14.7. The lowest BCUT2D eigenvalue weighted by atomic mass is 9.99. The second-order valence-electron chi connectivity index (χ2n) is 31.8. The summed E-state index contributed by atoms with van der Waals surface area (Å²) in [6.07, 6.45) is 65.3. The van der Waals surface area contributed by atoms with Crippen molar-refractivity contribution >= 4 is 39.5 Å². The number of phosphoric acid groups is 2. The number of rotatable bonds is 83. The Labute approximate surface area is 638 Å². The zero-order chi connectivity index (χ0) is 76.5. The molecule has 0 aromatic heterocycles. The molecule has 0 rings (SSSR count). The Morgan fingerprint density at radius 1 is 0.279 bits per heavy atom. The van der Waals surface area contributed by atoms with Gasteiger partial charge < -0.3 is 33.8 Å². The molecule has 0 fully saturated rings. The summed E-state index contributed by atoms with van der Waals surface area (Å²) in [6, 6.07) is 0. The third kappa shape index (κ3) is 76.8. The molecule has 0 heterocycles. The summed E-state index contributed by atoms with van der Waals surface area (Å²) < 4.78 is 68.8. The van der Waals surface area contributed by atoms with Crippen molar-refractivity contribution in [3.05, 3.63) is 0 Å². The Balaban J connectivity index is 5.22. The van der Waals surface area contributed by atoms with Crippen LogP contribution in [-0.2, 0) is 65.4 Å². The smallest absolute Gasteiger partial charge is 0.462 e. The first-order valence-corrected chi connectivity index (χ1v) is 46.9. The maximum absolute atomic E-state index is 13.1. The van der Waals surface area contributed by atoms with Crippen LogP contribution in [0, 0.1) is 17.8 Å². The van der Waals surface area contributed by atoms with Crippen LogP contribution >= 0.6 is 15.6 Å². The topological polar surface area (TPSA) is 237 Å². The van der Waals surface area contributed by atoms with Crippen LogP contribution < -0.4 is 0 Å². The van der Waals surface area contributed by atoms with E-state index in [1.807, 2.05) is 0 Å². The van der Waals surface area contributed by atoms with E-state index >= 15 is 0 Å². The highest BCUT2D eigenvalue weighted by Crippen LogP contribution is 2.45. The molecule has 0 aromatic carbocycles. The number of ether oxygens (including phenoxy) is 4. The molecule has 0 radical (unpaired) electrons. The van der Waals surface area contributed by atoms with E-state index in [9.17, 15) is 43.2 Å². The molecule has 618 valence electrons. The molecule has 19 heteroatoms. The van der Waals surface area contributed by atoms with Gasteiger partial charge in [0.05, 0.1) is 26.4 Å². The third-order valence-electron chi connectivity index (χ3n) is 20.2. The average molecular weight is 1520 g/mol. The highest BCUT2D eigenvalue weighted by molar-refractivity contribution is 7.47. The minimum absolute atomic E-state index is 0.107. The van der Waals surface area contributed by atoms with Gasteiger partial charge in [0.1, 0.15) is 19.3 Å². The first-order chi connectivity index (χ1) is 50.3. The van der Waals surface area contributed by atoms with Crippen LogP contribution in [0.4, 0.5) is 0 Å². The van der Waals surface area contributed by atoms with E-state index in [-0.39, 0.29) is 25.7 Å². The van der Waals surface area contributed by atoms with Gasteiger partial charge in [-0.15, -0.1) is 0 Å². The van der Waals surface area contributed by atoms with Crippen molar-refractivity contribution in [2.45, 2.75) is 465 Å². The van der Waals surface area contributed by atoms with Gasteiger partial charge in [0.2, 0.25) is 0 Å². The van der Waals surface area contributed by atoms with Crippen LogP contribution in [0.3, 0.4) is 0 Å². The van der Waals surface area contributed by atoms with Gasteiger partial charge in [0.15, 0.2) is 12.2 Å². The number of carbonyl (C=O) groups excluding carboxylic acids is 4. The zero-order valence-electron chi connectivity index (χ0n) is 68.5. The van der Waals surface area contributed by atoms with Gasteiger partial charge in [-0.3, -0.25) is 37.3 Å². The second-order valence-corrected chi connectivity index (χ2v) is 34.7. The lowest BCUT2D eigenvalue weighted by molar-refractivity contribution is -0.161. The number of unbranched alkanes of at least 4 members (excludes halogenated alkanes) is 50. The molecule has 17 nitrogen and oxygen atoms in total. The molecule has 3 N–H and O–H groups in total. The Kier molecular flexibility index (Phi) is 73.7. The highest BCUT2D eigenvalue weighted by Gasteiger charge is 2.30. The molecule has 0 aliphatic rings. The van der Waals surface area contributed by atoms with E-state index in [2.05, 4.69) is 48.5 Å². The standard InChI is InChI=1S/C85H166O17P2/c1-8-10-11-12-13-14-15-16-21-29-34-39-46-54-61-68-85(90)102-81(73-96-83(88)67-60-53-48-41-43-50-57-64-77(5)6)75-100-104(93,94)98-71-79(86)70-97-103(91,92)99-74-80(72-95-82(87)66-59-52-45-38-33-28-25-24-26-31-36-42-49-56-63-76(3)4)101-84(89)69-62-55-47-40-35-30-23-20-18-17-19-22-27-32-37-44-51-58-65-78(7)9-2/h76-81,86H,8-75H2,1-7H3,(H,91,92)(H,93,94)/t78?,79-,80-,81-/m1/s1. The van der Waals surface area contributed by atoms with Crippen molar-refractivity contribution in [3.8, 4) is 0 Å². The summed E-state index contributed by atoms with van der Waals surface area (Å²) in [4.78, 5) is 73.2. The van der Waals surface area contributed by atoms with E-state index < -0.39 is 97.5 Å². The minimum atomic E-state index is -4.97. The largest absolute Gasteiger partial charge is 0.472 e. The summed E-state index contributed by atoms with van der Waals surface area (Å²) in [7, 11) is -9.93. The van der Waals surface area contributed by atoms with Gasteiger partial charge >= 0.3 is 39.5 Å². The Morgan fingerprint density at radius 2 is 0.490 bits per heavy atom. The van der Waals surface area contributed by atoms with E-state index in [0.29, 0.717) is 31.6 Å². The predicted octanol–water partition coefficient (Wildman–Crippen LogP) is 25.7. The van der Waals surface area contributed by atoms with Crippen LogP contribution in [0.5, 0.6) is 0 Å². The van der Waals surface area contributed by atoms with Gasteiger partial charge in [0, 0.05) is 25.7 Å².